The van der Waals surface area contributed by atoms with Crippen molar-refractivity contribution in [2.75, 3.05) is 23.7 Å². The zero-order chi connectivity index (χ0) is 16.7. The summed E-state index contributed by atoms with van der Waals surface area (Å²) >= 11 is 0. The lowest BCUT2D eigenvalue weighted by molar-refractivity contribution is 0.200. The molecular formula is C18H21N5O. The molecule has 1 aromatic heterocycles. The van der Waals surface area contributed by atoms with E-state index in [1.54, 1.807) is 6.07 Å². The number of nitrogens with two attached hydrogens (primary N) is 1. The van der Waals surface area contributed by atoms with Crippen LogP contribution in [0, 0.1) is 5.41 Å². The SMILES string of the molecule is CC1(Oc2ccc(N)c(C(=N)c3cc(N4CCC4)ncn3)c2)CC1. The highest BCUT2D eigenvalue weighted by Crippen LogP contribution is 2.40. The first-order chi connectivity index (χ1) is 11.5. The van der Waals surface area contributed by atoms with Crippen molar-refractivity contribution in [3.05, 3.63) is 41.9 Å². The van der Waals surface area contributed by atoms with Crippen LogP contribution in [0.5, 0.6) is 5.75 Å². The maximum Gasteiger partial charge on any atom is 0.132 e. The molecule has 24 heavy (non-hydrogen) atoms. The van der Waals surface area contributed by atoms with E-state index in [1.165, 1.54) is 12.7 Å². The van der Waals surface area contributed by atoms with Crippen molar-refractivity contribution in [1.82, 2.24) is 9.97 Å². The topological polar surface area (TPSA) is 88.1 Å². The zero-order valence-electron chi connectivity index (χ0n) is 13.7. The summed E-state index contributed by atoms with van der Waals surface area (Å²) in [5.41, 5.74) is 8.10. The molecule has 124 valence electrons. The van der Waals surface area contributed by atoms with E-state index in [4.69, 9.17) is 15.9 Å². The Morgan fingerprint density at radius 2 is 2.04 bits per heavy atom. The Bertz CT molecular complexity index is 796. The van der Waals surface area contributed by atoms with E-state index in [1.807, 2.05) is 18.2 Å². The lowest BCUT2D eigenvalue weighted by Gasteiger charge is -2.31. The number of nitrogen functional groups attached to an aromatic ring is 1. The number of aromatic nitrogens is 2. The molecule has 3 N–H and O–H groups in total. The first-order valence-electron chi connectivity index (χ1n) is 8.29. The fourth-order valence-corrected chi connectivity index (χ4v) is 2.72. The first kappa shape index (κ1) is 14.9. The predicted molar refractivity (Wildman–Crippen MR) is 93.9 cm³/mol. The Hall–Kier alpha value is -2.63. The van der Waals surface area contributed by atoms with E-state index in [2.05, 4.69) is 21.8 Å². The van der Waals surface area contributed by atoms with Gasteiger partial charge in [-0.2, -0.15) is 0 Å². The summed E-state index contributed by atoms with van der Waals surface area (Å²) in [6.07, 6.45) is 4.83. The molecule has 2 fully saturated rings. The molecule has 0 spiro atoms. The van der Waals surface area contributed by atoms with Gasteiger partial charge in [-0.05, 0) is 44.4 Å². The van der Waals surface area contributed by atoms with Crippen molar-refractivity contribution in [2.24, 2.45) is 0 Å². The second-order valence-electron chi connectivity index (χ2n) is 6.78. The maximum atomic E-state index is 8.52. The second kappa shape index (κ2) is 5.47. The molecule has 6 heteroatoms. The number of rotatable bonds is 5. The highest BCUT2D eigenvalue weighted by molar-refractivity contribution is 6.13. The molecule has 1 aliphatic heterocycles. The maximum absolute atomic E-state index is 8.52. The molecule has 0 atom stereocenters. The van der Waals surface area contributed by atoms with Gasteiger partial charge in [0.05, 0.1) is 11.4 Å². The Balaban J connectivity index is 1.62. The van der Waals surface area contributed by atoms with Crippen LogP contribution < -0.4 is 15.4 Å². The Morgan fingerprint density at radius 1 is 1.25 bits per heavy atom. The summed E-state index contributed by atoms with van der Waals surface area (Å²) in [5.74, 6) is 1.62. The predicted octanol–water partition coefficient (Wildman–Crippen LogP) is 2.62. The van der Waals surface area contributed by atoms with Crippen LogP contribution in [-0.4, -0.2) is 34.4 Å². The third-order valence-electron chi connectivity index (χ3n) is 4.70. The fraction of sp³-hybridized carbons (Fsp3) is 0.389. The van der Waals surface area contributed by atoms with E-state index in [0.29, 0.717) is 22.7 Å². The third kappa shape index (κ3) is 2.79. The number of ether oxygens (including phenoxy) is 1. The van der Waals surface area contributed by atoms with Crippen molar-refractivity contribution in [3.8, 4) is 5.75 Å². The van der Waals surface area contributed by atoms with Gasteiger partial charge in [0, 0.05) is 30.4 Å². The minimum absolute atomic E-state index is 0.0604. The minimum Gasteiger partial charge on any atom is -0.488 e. The van der Waals surface area contributed by atoms with Crippen molar-refractivity contribution in [2.45, 2.75) is 31.8 Å². The highest BCUT2D eigenvalue weighted by Gasteiger charge is 2.40. The molecule has 6 nitrogen and oxygen atoms in total. The number of benzene rings is 1. The third-order valence-corrected chi connectivity index (χ3v) is 4.70. The molecule has 0 amide bonds. The van der Waals surface area contributed by atoms with Crippen molar-refractivity contribution < 1.29 is 4.74 Å². The molecule has 1 saturated carbocycles. The highest BCUT2D eigenvalue weighted by atomic mass is 16.5. The Morgan fingerprint density at radius 3 is 2.71 bits per heavy atom. The minimum atomic E-state index is -0.0604. The van der Waals surface area contributed by atoms with Crippen LogP contribution >= 0.6 is 0 Å². The molecule has 4 rings (SSSR count). The zero-order valence-corrected chi connectivity index (χ0v) is 13.7. The molecule has 1 saturated heterocycles. The molecule has 2 aromatic rings. The van der Waals surface area contributed by atoms with Gasteiger partial charge < -0.3 is 15.4 Å². The largest absolute Gasteiger partial charge is 0.488 e. The van der Waals surface area contributed by atoms with Crippen molar-refractivity contribution >= 4 is 17.2 Å². The summed E-state index contributed by atoms with van der Waals surface area (Å²) in [6.45, 7) is 4.11. The second-order valence-corrected chi connectivity index (χ2v) is 6.78. The summed E-state index contributed by atoms with van der Waals surface area (Å²) in [6, 6.07) is 7.35. The number of hydrogen-bond donors (Lipinski definition) is 2. The Kier molecular flexibility index (Phi) is 3.40. The van der Waals surface area contributed by atoms with Gasteiger partial charge in [0.1, 0.15) is 23.5 Å². The smallest absolute Gasteiger partial charge is 0.132 e. The van der Waals surface area contributed by atoms with Gasteiger partial charge in [-0.1, -0.05) is 0 Å². The molecule has 2 heterocycles. The average molecular weight is 323 g/mol. The fourth-order valence-electron chi connectivity index (χ4n) is 2.72. The Labute approximate surface area is 141 Å². The van der Waals surface area contributed by atoms with Gasteiger partial charge in [-0.25, -0.2) is 9.97 Å². The van der Waals surface area contributed by atoms with Gasteiger partial charge in [-0.3, -0.25) is 5.41 Å². The average Bonchev–Trinajstić information content (AvgIpc) is 3.24. The van der Waals surface area contributed by atoms with Gasteiger partial charge in [-0.15, -0.1) is 0 Å². The lowest BCUT2D eigenvalue weighted by atomic mass is 10.0. The van der Waals surface area contributed by atoms with Gasteiger partial charge in [0.15, 0.2) is 0 Å². The number of nitrogens with one attached hydrogen (secondary N) is 1. The summed E-state index contributed by atoms with van der Waals surface area (Å²) < 4.78 is 5.99. The lowest BCUT2D eigenvalue weighted by Crippen LogP contribution is -2.37. The first-order valence-corrected chi connectivity index (χ1v) is 8.29. The van der Waals surface area contributed by atoms with Crippen LogP contribution in [0.25, 0.3) is 0 Å². The van der Waals surface area contributed by atoms with Gasteiger partial charge in [0.2, 0.25) is 0 Å². The van der Waals surface area contributed by atoms with Crippen LogP contribution in [0.3, 0.4) is 0 Å². The van der Waals surface area contributed by atoms with E-state index >= 15 is 0 Å². The van der Waals surface area contributed by atoms with Crippen LogP contribution in [0.1, 0.15) is 37.4 Å². The standard InChI is InChI=1S/C18H21N5O/c1-18(5-6-18)24-12-3-4-14(19)13(9-12)17(20)15-10-16(22-11-21-15)23-7-2-8-23/h3-4,9-11,20H,2,5-8,19H2,1H3. The normalized spacial score (nSPS) is 18.0. The van der Waals surface area contributed by atoms with Crippen LogP contribution in [0.4, 0.5) is 11.5 Å². The molecular weight excluding hydrogens is 302 g/mol. The quantitative estimate of drug-likeness (QED) is 0.652. The number of hydrogen-bond acceptors (Lipinski definition) is 6. The molecule has 1 aromatic carbocycles. The molecule has 0 radical (unpaired) electrons. The van der Waals surface area contributed by atoms with Gasteiger partial charge in [0.25, 0.3) is 0 Å². The number of nitrogens with zero attached hydrogens (tertiary/aromatic N) is 3. The van der Waals surface area contributed by atoms with Crippen molar-refractivity contribution in [1.29, 1.82) is 5.41 Å². The monoisotopic (exact) mass is 323 g/mol. The molecule has 1 aliphatic carbocycles. The van der Waals surface area contributed by atoms with Crippen LogP contribution in [-0.2, 0) is 0 Å². The molecule has 2 aliphatic rings. The summed E-state index contributed by atoms with van der Waals surface area (Å²) in [7, 11) is 0. The van der Waals surface area contributed by atoms with Crippen molar-refractivity contribution in [3.63, 3.8) is 0 Å². The van der Waals surface area contributed by atoms with E-state index < -0.39 is 0 Å². The van der Waals surface area contributed by atoms with E-state index in [9.17, 15) is 0 Å². The van der Waals surface area contributed by atoms with Gasteiger partial charge >= 0.3 is 0 Å². The molecule has 0 bridgehead atoms. The summed E-state index contributed by atoms with van der Waals surface area (Å²) in [4.78, 5) is 10.7. The summed E-state index contributed by atoms with van der Waals surface area (Å²) in [5, 5.41) is 8.52. The van der Waals surface area contributed by atoms with Crippen LogP contribution in [0.2, 0.25) is 0 Å². The van der Waals surface area contributed by atoms with Crippen LogP contribution in [0.15, 0.2) is 30.6 Å². The van der Waals surface area contributed by atoms with E-state index in [-0.39, 0.29) is 5.60 Å². The van der Waals surface area contributed by atoms with E-state index in [0.717, 1.165) is 37.5 Å². The molecule has 0 unspecified atom stereocenters. The number of anilines is 2.